The predicted octanol–water partition coefficient (Wildman–Crippen LogP) is 5.31. The number of nitrogens with zero attached hydrogens (tertiary/aromatic N) is 2. The van der Waals surface area contributed by atoms with Gasteiger partial charge in [0.25, 0.3) is 0 Å². The Hall–Kier alpha value is -3.82. The molecule has 3 amide bonds. The molecule has 182 valence electrons. The average molecular weight is 474 g/mol. The van der Waals surface area contributed by atoms with Crippen molar-refractivity contribution in [2.45, 2.75) is 45.9 Å². The number of carbonyl (C=O) groups excluding carboxylic acids is 3. The molecule has 0 bridgehead atoms. The number of halogens is 1. The minimum atomic E-state index is -0.784. The van der Waals surface area contributed by atoms with Gasteiger partial charge in [-0.3, -0.25) is 10.2 Å². The van der Waals surface area contributed by atoms with Crippen LogP contribution in [-0.4, -0.2) is 47.8 Å². The summed E-state index contributed by atoms with van der Waals surface area (Å²) in [6.45, 7) is 6.93. The van der Waals surface area contributed by atoms with Crippen LogP contribution < -0.4 is 14.8 Å². The second-order valence-electron chi connectivity index (χ2n) is 9.04. The fraction of sp³-hybridized carbons (Fsp3) is 0.375. The molecule has 0 saturated heterocycles. The molecule has 0 aliphatic carbocycles. The zero-order valence-electron chi connectivity index (χ0n) is 20.0. The third-order valence-corrected chi connectivity index (χ3v) is 4.96. The molecule has 34 heavy (non-hydrogen) atoms. The fourth-order valence-electron chi connectivity index (χ4n) is 3.26. The second-order valence-corrected chi connectivity index (χ2v) is 9.04. The standard InChI is InChI=1S/C24H28FN3O6/c1-14(17-8-7-9-18(20(17)25)26-21(29)34-24(2,3)4)28-13-15-10-11-16(32-22(30)27(5)6)12-19(15)33-23(28)31/h7-12,14H,13H2,1-6H3,(H,26,29). The molecule has 2 aromatic rings. The van der Waals surface area contributed by atoms with Gasteiger partial charge in [-0.15, -0.1) is 0 Å². The number of rotatable bonds is 4. The topological polar surface area (TPSA) is 97.4 Å². The van der Waals surface area contributed by atoms with Crippen molar-refractivity contribution in [3.63, 3.8) is 0 Å². The van der Waals surface area contributed by atoms with Crippen LogP contribution in [-0.2, 0) is 11.3 Å². The van der Waals surface area contributed by atoms with Gasteiger partial charge >= 0.3 is 18.3 Å². The number of benzene rings is 2. The number of hydrogen-bond donors (Lipinski definition) is 1. The maximum Gasteiger partial charge on any atom is 0.416 e. The molecular weight excluding hydrogens is 445 g/mol. The smallest absolute Gasteiger partial charge is 0.416 e. The molecule has 1 unspecified atom stereocenters. The molecule has 2 aromatic carbocycles. The number of amides is 3. The normalized spacial score (nSPS) is 14.0. The van der Waals surface area contributed by atoms with Crippen LogP contribution in [0.5, 0.6) is 11.5 Å². The first-order valence-corrected chi connectivity index (χ1v) is 10.6. The molecule has 10 heteroatoms. The van der Waals surface area contributed by atoms with Crippen molar-refractivity contribution >= 4 is 24.0 Å². The van der Waals surface area contributed by atoms with E-state index in [4.69, 9.17) is 14.2 Å². The van der Waals surface area contributed by atoms with E-state index in [1.54, 1.807) is 60.0 Å². The second kappa shape index (κ2) is 9.58. The molecule has 0 spiro atoms. The van der Waals surface area contributed by atoms with Crippen LogP contribution in [0.4, 0.5) is 24.5 Å². The number of hydrogen-bond acceptors (Lipinski definition) is 6. The first-order valence-electron chi connectivity index (χ1n) is 10.6. The summed E-state index contributed by atoms with van der Waals surface area (Å²) in [5.41, 5.74) is 0.0721. The van der Waals surface area contributed by atoms with Crippen molar-refractivity contribution in [2.75, 3.05) is 19.4 Å². The predicted molar refractivity (Wildman–Crippen MR) is 122 cm³/mol. The van der Waals surface area contributed by atoms with Gasteiger partial charge in [0.05, 0.1) is 18.3 Å². The molecule has 0 aromatic heterocycles. The lowest BCUT2D eigenvalue weighted by molar-refractivity contribution is 0.0634. The van der Waals surface area contributed by atoms with E-state index in [1.807, 2.05) is 0 Å². The molecule has 0 radical (unpaired) electrons. The van der Waals surface area contributed by atoms with Crippen LogP contribution in [0.3, 0.4) is 0 Å². The molecule has 1 atom stereocenters. The quantitative estimate of drug-likeness (QED) is 0.646. The van der Waals surface area contributed by atoms with Gasteiger partial charge in [-0.05, 0) is 45.9 Å². The SMILES string of the molecule is CC(c1cccc(NC(=O)OC(C)(C)C)c1F)N1Cc2ccc(OC(=O)N(C)C)cc2OC1=O. The Morgan fingerprint density at radius 1 is 1.21 bits per heavy atom. The van der Waals surface area contributed by atoms with Crippen molar-refractivity contribution in [3.05, 3.63) is 53.3 Å². The van der Waals surface area contributed by atoms with Gasteiger partial charge in [0.2, 0.25) is 0 Å². The molecule has 9 nitrogen and oxygen atoms in total. The first kappa shape index (κ1) is 24.8. The van der Waals surface area contributed by atoms with Gasteiger partial charge in [0, 0.05) is 31.3 Å². The lowest BCUT2D eigenvalue weighted by Gasteiger charge is -2.33. The Morgan fingerprint density at radius 2 is 1.91 bits per heavy atom. The largest absolute Gasteiger partial charge is 0.444 e. The van der Waals surface area contributed by atoms with Gasteiger partial charge in [-0.2, -0.15) is 0 Å². The Labute approximate surface area is 197 Å². The molecule has 1 aliphatic heterocycles. The van der Waals surface area contributed by atoms with Gasteiger partial charge in [0.15, 0.2) is 5.82 Å². The molecular formula is C24H28FN3O6. The van der Waals surface area contributed by atoms with E-state index < -0.39 is 35.7 Å². The zero-order valence-corrected chi connectivity index (χ0v) is 20.0. The summed E-state index contributed by atoms with van der Waals surface area (Å²) < 4.78 is 31.0. The van der Waals surface area contributed by atoms with E-state index in [0.717, 1.165) is 0 Å². The van der Waals surface area contributed by atoms with Crippen LogP contribution in [0.2, 0.25) is 0 Å². The Bertz CT molecular complexity index is 1110. The minimum Gasteiger partial charge on any atom is -0.444 e. The Kier molecular flexibility index (Phi) is 6.99. The third-order valence-electron chi connectivity index (χ3n) is 4.96. The zero-order chi connectivity index (χ0) is 25.2. The van der Waals surface area contributed by atoms with Crippen LogP contribution >= 0.6 is 0 Å². The molecule has 0 saturated carbocycles. The molecule has 3 rings (SSSR count). The number of anilines is 1. The van der Waals surface area contributed by atoms with Crippen LogP contribution in [0.15, 0.2) is 36.4 Å². The Balaban J connectivity index is 1.78. The third kappa shape index (κ3) is 5.75. The monoisotopic (exact) mass is 473 g/mol. The minimum absolute atomic E-state index is 0.0586. The van der Waals surface area contributed by atoms with Gasteiger partial charge < -0.3 is 19.1 Å². The molecule has 1 aliphatic rings. The van der Waals surface area contributed by atoms with Crippen LogP contribution in [0.1, 0.15) is 44.9 Å². The number of fused-ring (bicyclic) bond motifs is 1. The van der Waals surface area contributed by atoms with E-state index in [2.05, 4.69) is 5.32 Å². The first-order chi connectivity index (χ1) is 15.9. The van der Waals surface area contributed by atoms with E-state index in [-0.39, 0.29) is 29.3 Å². The van der Waals surface area contributed by atoms with E-state index in [9.17, 15) is 14.4 Å². The number of carbonyl (C=O) groups is 3. The summed E-state index contributed by atoms with van der Waals surface area (Å²) in [6.07, 6.45) is -2.03. The van der Waals surface area contributed by atoms with Crippen molar-refractivity contribution in [1.29, 1.82) is 0 Å². The number of nitrogens with one attached hydrogen (secondary N) is 1. The number of ether oxygens (including phenoxy) is 3. The summed E-state index contributed by atoms with van der Waals surface area (Å²) in [5.74, 6) is -0.178. The molecule has 0 fully saturated rings. The Morgan fingerprint density at radius 3 is 2.56 bits per heavy atom. The molecule has 1 N–H and O–H groups in total. The maximum atomic E-state index is 15.2. The molecule has 1 heterocycles. The lowest BCUT2D eigenvalue weighted by Crippen LogP contribution is -2.39. The van der Waals surface area contributed by atoms with Gasteiger partial charge in [0.1, 0.15) is 17.1 Å². The summed E-state index contributed by atoms with van der Waals surface area (Å²) in [6, 6.07) is 8.55. The van der Waals surface area contributed by atoms with E-state index >= 15 is 4.39 Å². The average Bonchev–Trinajstić information content (AvgIpc) is 2.72. The highest BCUT2D eigenvalue weighted by atomic mass is 19.1. The summed E-state index contributed by atoms with van der Waals surface area (Å²) in [7, 11) is 3.11. The van der Waals surface area contributed by atoms with Crippen molar-refractivity contribution in [2.24, 2.45) is 0 Å². The highest BCUT2D eigenvalue weighted by molar-refractivity contribution is 5.85. The fourth-order valence-corrected chi connectivity index (χ4v) is 3.26. The van der Waals surface area contributed by atoms with Gasteiger partial charge in [-0.25, -0.2) is 18.8 Å². The van der Waals surface area contributed by atoms with Crippen molar-refractivity contribution in [1.82, 2.24) is 9.80 Å². The summed E-state index contributed by atoms with van der Waals surface area (Å²) >= 11 is 0. The maximum absolute atomic E-state index is 15.2. The highest BCUT2D eigenvalue weighted by Gasteiger charge is 2.32. The van der Waals surface area contributed by atoms with Gasteiger partial charge in [-0.1, -0.05) is 12.1 Å². The van der Waals surface area contributed by atoms with E-state index in [0.29, 0.717) is 5.56 Å². The highest BCUT2D eigenvalue weighted by Crippen LogP contribution is 2.35. The summed E-state index contributed by atoms with van der Waals surface area (Å²) in [5, 5.41) is 2.41. The van der Waals surface area contributed by atoms with Crippen LogP contribution in [0, 0.1) is 5.82 Å². The van der Waals surface area contributed by atoms with Crippen LogP contribution in [0.25, 0.3) is 0 Å². The lowest BCUT2D eigenvalue weighted by atomic mass is 10.0. The van der Waals surface area contributed by atoms with E-state index in [1.165, 1.54) is 28.0 Å². The van der Waals surface area contributed by atoms with Crippen molar-refractivity contribution < 1.29 is 33.0 Å². The summed E-state index contributed by atoms with van der Waals surface area (Å²) in [4.78, 5) is 39.2. The van der Waals surface area contributed by atoms with Crippen molar-refractivity contribution in [3.8, 4) is 11.5 Å².